The van der Waals surface area contributed by atoms with Crippen molar-refractivity contribution >= 4 is 16.5 Å². The minimum absolute atomic E-state index is 0. The zero-order chi connectivity index (χ0) is 21.2. The molecule has 6 heteroatoms. The SMILES string of the molecule is CCN(CC)CC(C)(C)[N-][Si](C)(C)C.CC[Si](CC)(CC)[N-]C(C)(C)C.[Co+3]. The molecule has 0 saturated heterocycles. The molecule has 166 valence electrons. The average Bonchev–Trinajstić information content (AvgIpc) is 2.47. The summed E-state index contributed by atoms with van der Waals surface area (Å²) in [5.74, 6) is 0. The van der Waals surface area contributed by atoms with Crippen molar-refractivity contribution in [1.82, 2.24) is 4.90 Å². The van der Waals surface area contributed by atoms with Crippen molar-refractivity contribution in [3.63, 3.8) is 0 Å². The van der Waals surface area contributed by atoms with Gasteiger partial charge in [-0.15, -0.1) is 11.1 Å². The second-order valence-corrected chi connectivity index (χ2v) is 19.5. The van der Waals surface area contributed by atoms with E-state index in [1.54, 1.807) is 0 Å². The van der Waals surface area contributed by atoms with Crippen LogP contribution >= 0.6 is 0 Å². The van der Waals surface area contributed by atoms with Crippen LogP contribution < -0.4 is 0 Å². The predicted molar refractivity (Wildman–Crippen MR) is 129 cm³/mol. The first-order chi connectivity index (χ1) is 11.6. The molecule has 27 heavy (non-hydrogen) atoms. The van der Waals surface area contributed by atoms with Crippen molar-refractivity contribution in [3.05, 3.63) is 9.96 Å². The molecule has 0 aliphatic heterocycles. The zero-order valence-electron chi connectivity index (χ0n) is 20.9. The topological polar surface area (TPSA) is 31.4 Å². The standard InChI is InChI=1S/C11H27N2Si.C10H24NSi.Co/c1-8-13(9-2)10-11(3,4)12-14(5,6)7;1-7-12(8-2,9-3)11-10(4,5)6;/h8-10H2,1-7H3;7-9H2,1-6H3;/q2*-1;+3. The van der Waals surface area contributed by atoms with Crippen LogP contribution in [0.2, 0.25) is 37.8 Å². The van der Waals surface area contributed by atoms with Crippen LogP contribution in [0.1, 0.15) is 69.2 Å². The molecule has 0 aromatic rings. The van der Waals surface area contributed by atoms with E-state index in [1.807, 2.05) is 0 Å². The van der Waals surface area contributed by atoms with Gasteiger partial charge in [0.2, 0.25) is 0 Å². The molecule has 0 amide bonds. The van der Waals surface area contributed by atoms with E-state index in [0.29, 0.717) is 0 Å². The normalized spacial score (nSPS) is 13.1. The van der Waals surface area contributed by atoms with E-state index in [0.717, 1.165) is 19.6 Å². The molecule has 0 heterocycles. The molecule has 0 rings (SSSR count). The van der Waals surface area contributed by atoms with Gasteiger partial charge < -0.3 is 14.9 Å². The second kappa shape index (κ2) is 13.9. The summed E-state index contributed by atoms with van der Waals surface area (Å²) in [4.78, 5) is 12.5. The van der Waals surface area contributed by atoms with Crippen LogP contribution in [0.5, 0.6) is 0 Å². The first-order valence-corrected chi connectivity index (χ1v) is 16.8. The van der Waals surface area contributed by atoms with Gasteiger partial charge in [0, 0.05) is 0 Å². The van der Waals surface area contributed by atoms with Crippen LogP contribution in [0.25, 0.3) is 9.96 Å². The fraction of sp³-hybridized carbons (Fsp3) is 1.00. The number of likely N-dealkylation sites (N-methyl/N-ethyl adjacent to an activating group) is 1. The second-order valence-electron chi connectivity index (χ2n) is 10.1. The Bertz CT molecular complexity index is 347. The van der Waals surface area contributed by atoms with E-state index in [2.05, 4.69) is 93.8 Å². The van der Waals surface area contributed by atoms with Gasteiger partial charge in [0.25, 0.3) is 0 Å². The van der Waals surface area contributed by atoms with Crippen LogP contribution in [0.15, 0.2) is 0 Å². The van der Waals surface area contributed by atoms with E-state index in [-0.39, 0.29) is 27.9 Å². The summed E-state index contributed by atoms with van der Waals surface area (Å²) in [5.41, 5.74) is 0.296. The molecule has 0 unspecified atom stereocenters. The number of hydrogen-bond acceptors (Lipinski definition) is 1. The van der Waals surface area contributed by atoms with E-state index in [1.165, 1.54) is 18.1 Å². The first-order valence-electron chi connectivity index (χ1n) is 10.8. The van der Waals surface area contributed by atoms with Crippen LogP contribution in [0.3, 0.4) is 0 Å². The van der Waals surface area contributed by atoms with Crippen LogP contribution in [0, 0.1) is 0 Å². The molecule has 0 aromatic carbocycles. The van der Waals surface area contributed by atoms with Gasteiger partial charge in [0.1, 0.15) is 0 Å². The van der Waals surface area contributed by atoms with Gasteiger partial charge in [-0.2, -0.15) is 0 Å². The molecule has 0 aromatic heterocycles. The molecule has 0 saturated carbocycles. The third-order valence-corrected chi connectivity index (χ3v) is 11.1. The maximum Gasteiger partial charge on any atom is 3.00 e. The van der Waals surface area contributed by atoms with E-state index < -0.39 is 16.5 Å². The monoisotopic (exact) mass is 460 g/mol. The summed E-state index contributed by atoms with van der Waals surface area (Å²) < 4.78 is 0. The van der Waals surface area contributed by atoms with Gasteiger partial charge in [0.15, 0.2) is 0 Å². The van der Waals surface area contributed by atoms with Crippen molar-refractivity contribution in [1.29, 1.82) is 0 Å². The number of hydrogen-bond donors (Lipinski definition) is 0. The summed E-state index contributed by atoms with van der Waals surface area (Å²) >= 11 is 0. The van der Waals surface area contributed by atoms with Crippen LogP contribution in [0.4, 0.5) is 0 Å². The molecule has 0 radical (unpaired) electrons. The van der Waals surface area contributed by atoms with Crippen LogP contribution in [-0.4, -0.2) is 52.1 Å². The Kier molecular flexibility index (Phi) is 16.8. The van der Waals surface area contributed by atoms with Gasteiger partial charge in [-0.25, -0.2) is 0 Å². The van der Waals surface area contributed by atoms with Crippen molar-refractivity contribution in [3.8, 4) is 0 Å². The minimum atomic E-state index is -1.29. The van der Waals surface area contributed by atoms with Gasteiger partial charge >= 0.3 is 16.8 Å². The Hall–Kier alpha value is 0.820. The molecule has 0 N–H and O–H groups in total. The average molecular weight is 461 g/mol. The minimum Gasteiger partial charge on any atom is -0.659 e. The quantitative estimate of drug-likeness (QED) is 0.311. The van der Waals surface area contributed by atoms with Crippen molar-refractivity contribution in [2.24, 2.45) is 0 Å². The Morgan fingerprint density at radius 2 is 1.07 bits per heavy atom. The van der Waals surface area contributed by atoms with E-state index in [9.17, 15) is 0 Å². The maximum absolute atomic E-state index is 5.03. The van der Waals surface area contributed by atoms with Crippen molar-refractivity contribution in [2.75, 3.05) is 19.6 Å². The van der Waals surface area contributed by atoms with Crippen molar-refractivity contribution < 1.29 is 16.8 Å². The van der Waals surface area contributed by atoms with Crippen molar-refractivity contribution in [2.45, 2.75) is 118 Å². The van der Waals surface area contributed by atoms with Gasteiger partial charge in [0.05, 0.1) is 0 Å². The predicted octanol–water partition coefficient (Wildman–Crippen LogP) is 7.48. The summed E-state index contributed by atoms with van der Waals surface area (Å²) in [6, 6.07) is 3.91. The van der Waals surface area contributed by atoms with Gasteiger partial charge in [-0.1, -0.05) is 123 Å². The van der Waals surface area contributed by atoms with Gasteiger partial charge in [-0.3, -0.25) is 0 Å². The Labute approximate surface area is 185 Å². The smallest absolute Gasteiger partial charge is 0.659 e. The third kappa shape index (κ3) is 17.4. The maximum atomic E-state index is 5.03. The molecule has 3 nitrogen and oxygen atoms in total. The molecule has 0 atom stereocenters. The Morgan fingerprint density at radius 3 is 1.26 bits per heavy atom. The summed E-state index contributed by atoms with van der Waals surface area (Å²) in [5, 5.41) is 0. The summed E-state index contributed by atoms with van der Waals surface area (Å²) in [7, 11) is -2.51. The van der Waals surface area contributed by atoms with Crippen LogP contribution in [-0.2, 0) is 16.8 Å². The molecule has 0 bridgehead atoms. The summed E-state index contributed by atoms with van der Waals surface area (Å²) in [6.45, 7) is 32.7. The fourth-order valence-corrected chi connectivity index (χ4v) is 8.92. The van der Waals surface area contributed by atoms with Gasteiger partial charge in [-0.05, 0) is 19.6 Å². The van der Waals surface area contributed by atoms with E-state index >= 15 is 0 Å². The molecule has 0 aliphatic carbocycles. The molecule has 0 aliphatic rings. The molecule has 0 spiro atoms. The Morgan fingerprint density at radius 1 is 0.704 bits per heavy atom. The number of nitrogens with zero attached hydrogens (tertiary/aromatic N) is 3. The molecular formula is C21H51CoN3Si2+. The number of rotatable bonds is 10. The first kappa shape index (κ1) is 32.5. The largest absolute Gasteiger partial charge is 3.00 e. The summed E-state index contributed by atoms with van der Waals surface area (Å²) in [6.07, 6.45) is 0. The zero-order valence-corrected chi connectivity index (χ0v) is 24.0. The third-order valence-electron chi connectivity index (χ3n) is 4.69. The fourth-order valence-electron chi connectivity index (χ4n) is 3.64. The van der Waals surface area contributed by atoms with E-state index in [4.69, 9.17) is 9.96 Å². The molecular weight excluding hydrogens is 409 g/mol. The molecule has 0 fully saturated rings. The Balaban J connectivity index is -0.000000416.